The first-order chi connectivity index (χ1) is 8.66. The van der Waals surface area contributed by atoms with Crippen LogP contribution in [0.1, 0.15) is 5.56 Å². The highest BCUT2D eigenvalue weighted by Gasteiger charge is 2.09. The number of aryl methyl sites for hydroxylation is 1. The van der Waals surface area contributed by atoms with Gasteiger partial charge in [0.1, 0.15) is 5.82 Å². The van der Waals surface area contributed by atoms with Crippen molar-refractivity contribution < 1.29 is 4.39 Å². The van der Waals surface area contributed by atoms with Crippen LogP contribution < -0.4 is 5.56 Å². The molecule has 0 spiro atoms. The molecular weight excluding hydrogens is 249 g/mol. The highest BCUT2D eigenvalue weighted by molar-refractivity contribution is 7.14. The van der Waals surface area contributed by atoms with Crippen molar-refractivity contribution in [3.8, 4) is 5.69 Å². The third-order valence-corrected chi connectivity index (χ3v) is 3.98. The number of nitrogens with zero attached hydrogens (tertiary/aromatic N) is 1. The van der Waals surface area contributed by atoms with E-state index in [1.807, 2.05) is 18.2 Å². The van der Waals surface area contributed by atoms with E-state index in [0.29, 0.717) is 16.6 Å². The fourth-order valence-electron chi connectivity index (χ4n) is 1.90. The lowest BCUT2D eigenvalue weighted by molar-refractivity contribution is 0.618. The van der Waals surface area contributed by atoms with Crippen LogP contribution in [0.25, 0.3) is 15.8 Å². The molecule has 0 unspecified atom stereocenters. The van der Waals surface area contributed by atoms with E-state index >= 15 is 0 Å². The molecule has 3 rings (SSSR count). The summed E-state index contributed by atoms with van der Waals surface area (Å²) in [6.45, 7) is 1.69. The average Bonchev–Trinajstić information content (AvgIpc) is 2.71. The Morgan fingerprint density at radius 3 is 2.67 bits per heavy atom. The van der Waals surface area contributed by atoms with Crippen molar-refractivity contribution in [1.29, 1.82) is 0 Å². The fourth-order valence-corrected chi connectivity index (χ4v) is 2.89. The molecule has 0 fully saturated rings. The van der Waals surface area contributed by atoms with E-state index in [0.717, 1.165) is 4.70 Å². The third-order valence-electron chi connectivity index (χ3n) is 2.87. The Labute approximate surface area is 107 Å². The molecule has 2 aromatic carbocycles. The first kappa shape index (κ1) is 11.2. The SMILES string of the molecule is Cc1cc(-n2sc3ccccc3c2=O)ccc1F. The number of halogens is 1. The van der Waals surface area contributed by atoms with Crippen LogP contribution in [-0.2, 0) is 0 Å². The summed E-state index contributed by atoms with van der Waals surface area (Å²) < 4.78 is 15.8. The van der Waals surface area contributed by atoms with Crippen LogP contribution in [-0.4, -0.2) is 3.96 Å². The summed E-state index contributed by atoms with van der Waals surface area (Å²) in [4.78, 5) is 12.2. The van der Waals surface area contributed by atoms with Crippen molar-refractivity contribution in [1.82, 2.24) is 3.96 Å². The number of aromatic nitrogens is 1. The molecule has 0 N–H and O–H groups in total. The van der Waals surface area contributed by atoms with E-state index < -0.39 is 0 Å². The van der Waals surface area contributed by atoms with Crippen molar-refractivity contribution in [3.63, 3.8) is 0 Å². The van der Waals surface area contributed by atoms with Crippen LogP contribution in [0, 0.1) is 12.7 Å². The second-order valence-corrected chi connectivity index (χ2v) is 5.11. The van der Waals surface area contributed by atoms with Crippen LogP contribution >= 0.6 is 11.5 Å². The molecule has 90 valence electrons. The second kappa shape index (κ2) is 4.07. The quantitative estimate of drug-likeness (QED) is 0.655. The molecule has 0 amide bonds. The Morgan fingerprint density at radius 2 is 1.94 bits per heavy atom. The lowest BCUT2D eigenvalue weighted by Crippen LogP contribution is -2.10. The van der Waals surface area contributed by atoms with E-state index in [1.54, 1.807) is 29.1 Å². The van der Waals surface area contributed by atoms with Gasteiger partial charge in [0.05, 0.1) is 15.8 Å². The summed E-state index contributed by atoms with van der Waals surface area (Å²) in [6.07, 6.45) is 0. The maximum Gasteiger partial charge on any atom is 0.273 e. The number of rotatable bonds is 1. The summed E-state index contributed by atoms with van der Waals surface area (Å²) in [5, 5.41) is 0.699. The molecule has 1 aromatic heterocycles. The molecule has 0 atom stereocenters. The molecule has 0 saturated carbocycles. The zero-order chi connectivity index (χ0) is 12.7. The van der Waals surface area contributed by atoms with E-state index in [1.165, 1.54) is 17.6 Å². The Balaban J connectivity index is 2.28. The lowest BCUT2D eigenvalue weighted by Gasteiger charge is -2.02. The summed E-state index contributed by atoms with van der Waals surface area (Å²) in [7, 11) is 0. The Hall–Kier alpha value is -1.94. The number of benzene rings is 2. The number of fused-ring (bicyclic) bond motifs is 1. The average molecular weight is 259 g/mol. The van der Waals surface area contributed by atoms with Gasteiger partial charge in [-0.15, -0.1) is 0 Å². The molecule has 4 heteroatoms. The van der Waals surface area contributed by atoms with Crippen molar-refractivity contribution in [2.75, 3.05) is 0 Å². The largest absolute Gasteiger partial charge is 0.273 e. The number of hydrogen-bond donors (Lipinski definition) is 0. The van der Waals surface area contributed by atoms with E-state index in [4.69, 9.17) is 0 Å². The van der Waals surface area contributed by atoms with E-state index in [9.17, 15) is 9.18 Å². The van der Waals surface area contributed by atoms with Gasteiger partial charge in [-0.25, -0.2) is 8.35 Å². The first-order valence-corrected chi connectivity index (χ1v) is 6.32. The maximum absolute atomic E-state index is 13.2. The molecular formula is C14H10FNOS. The predicted octanol–water partition coefficient (Wildman–Crippen LogP) is 3.50. The van der Waals surface area contributed by atoms with Crippen LogP contribution in [0.3, 0.4) is 0 Å². The molecule has 0 aliphatic heterocycles. The van der Waals surface area contributed by atoms with Crippen molar-refractivity contribution in [2.45, 2.75) is 6.92 Å². The van der Waals surface area contributed by atoms with Gasteiger partial charge < -0.3 is 0 Å². The third kappa shape index (κ3) is 1.66. The van der Waals surface area contributed by atoms with Crippen LogP contribution in [0.2, 0.25) is 0 Å². The normalized spacial score (nSPS) is 11.0. The minimum Gasteiger partial charge on any atom is -0.267 e. The summed E-state index contributed by atoms with van der Waals surface area (Å²) in [6, 6.07) is 12.2. The van der Waals surface area contributed by atoms with Crippen molar-refractivity contribution >= 4 is 21.6 Å². The molecule has 18 heavy (non-hydrogen) atoms. The minimum absolute atomic E-state index is 0.0541. The van der Waals surface area contributed by atoms with Crippen molar-refractivity contribution in [3.05, 3.63) is 64.2 Å². The summed E-state index contributed by atoms with van der Waals surface area (Å²) in [5.74, 6) is -0.257. The molecule has 0 radical (unpaired) electrons. The maximum atomic E-state index is 13.2. The molecule has 0 saturated heterocycles. The van der Waals surface area contributed by atoms with Gasteiger partial charge in [-0.1, -0.05) is 23.7 Å². The van der Waals surface area contributed by atoms with Crippen LogP contribution in [0.5, 0.6) is 0 Å². The van der Waals surface area contributed by atoms with Gasteiger partial charge in [-0.2, -0.15) is 0 Å². The summed E-state index contributed by atoms with van der Waals surface area (Å²) in [5.41, 5.74) is 1.19. The topological polar surface area (TPSA) is 22.0 Å². The number of hydrogen-bond acceptors (Lipinski definition) is 2. The first-order valence-electron chi connectivity index (χ1n) is 5.54. The van der Waals surface area contributed by atoms with E-state index in [2.05, 4.69) is 0 Å². The lowest BCUT2D eigenvalue weighted by atomic mass is 10.2. The molecule has 0 aliphatic rings. The van der Waals surface area contributed by atoms with Gasteiger partial charge in [0.25, 0.3) is 5.56 Å². The zero-order valence-electron chi connectivity index (χ0n) is 9.68. The second-order valence-electron chi connectivity index (χ2n) is 4.12. The van der Waals surface area contributed by atoms with Gasteiger partial charge in [0.15, 0.2) is 0 Å². The van der Waals surface area contributed by atoms with Crippen LogP contribution in [0.4, 0.5) is 4.39 Å². The van der Waals surface area contributed by atoms with Gasteiger partial charge >= 0.3 is 0 Å². The molecule has 0 bridgehead atoms. The zero-order valence-corrected chi connectivity index (χ0v) is 10.5. The molecule has 3 aromatic rings. The van der Waals surface area contributed by atoms with Crippen molar-refractivity contribution in [2.24, 2.45) is 0 Å². The van der Waals surface area contributed by atoms with Crippen LogP contribution in [0.15, 0.2) is 47.3 Å². The smallest absolute Gasteiger partial charge is 0.267 e. The Kier molecular flexibility index (Phi) is 2.52. The minimum atomic E-state index is -0.257. The predicted molar refractivity (Wildman–Crippen MR) is 72.1 cm³/mol. The molecule has 2 nitrogen and oxygen atoms in total. The van der Waals surface area contributed by atoms with E-state index in [-0.39, 0.29) is 11.4 Å². The van der Waals surface area contributed by atoms with Gasteiger partial charge in [-0.05, 0) is 42.8 Å². The van der Waals surface area contributed by atoms with Gasteiger partial charge in [-0.3, -0.25) is 4.79 Å². The molecule has 1 heterocycles. The summed E-state index contributed by atoms with van der Waals surface area (Å²) >= 11 is 1.37. The van der Waals surface area contributed by atoms with Gasteiger partial charge in [0, 0.05) is 0 Å². The highest BCUT2D eigenvalue weighted by Crippen LogP contribution is 2.21. The molecule has 0 aliphatic carbocycles. The standard InChI is InChI=1S/C14H10FNOS/c1-9-8-10(6-7-12(9)15)16-14(17)11-4-2-3-5-13(11)18-16/h2-8H,1H3. The fraction of sp³-hybridized carbons (Fsp3) is 0.0714. The Morgan fingerprint density at radius 1 is 1.17 bits per heavy atom. The van der Waals surface area contributed by atoms with Gasteiger partial charge in [0.2, 0.25) is 0 Å². The monoisotopic (exact) mass is 259 g/mol. The highest BCUT2D eigenvalue weighted by atomic mass is 32.1. The Bertz CT molecular complexity index is 788.